The first-order valence-corrected chi connectivity index (χ1v) is 8.52. The second kappa shape index (κ2) is 9.80. The van der Waals surface area contributed by atoms with Gasteiger partial charge in [0.1, 0.15) is 5.60 Å². The topological polar surface area (TPSA) is 69.2 Å². The third-order valence-corrected chi connectivity index (χ3v) is 3.58. The predicted molar refractivity (Wildman–Crippen MR) is 114 cm³/mol. The molecule has 1 saturated heterocycles. The summed E-state index contributed by atoms with van der Waals surface area (Å²) in [6.07, 6.45) is -0.254. The van der Waals surface area contributed by atoms with E-state index in [1.807, 2.05) is 20.8 Å². The summed E-state index contributed by atoms with van der Waals surface area (Å²) in [5, 5.41) is 6.73. The number of carbonyl (C=O) groups is 1. The number of carbonyl (C=O) groups excluding carboxylic acids is 1. The molecule has 1 heterocycles. The number of aliphatic imine (C=N–C) groups is 1. The highest BCUT2D eigenvalue weighted by atomic mass is 127. The molecule has 0 atom stereocenters. The highest BCUT2D eigenvalue weighted by Gasteiger charge is 2.34. The van der Waals surface area contributed by atoms with E-state index in [9.17, 15) is 4.79 Å². The van der Waals surface area contributed by atoms with E-state index in [0.29, 0.717) is 13.1 Å². The Bertz CT molecular complexity index is 454. The average Bonchev–Trinajstić information content (AvgIpc) is 2.32. The fourth-order valence-electron chi connectivity index (χ4n) is 2.67. The molecule has 2 N–H and O–H groups in total. The van der Waals surface area contributed by atoms with Crippen LogP contribution >= 0.6 is 24.0 Å². The highest BCUT2D eigenvalue weighted by Crippen LogP contribution is 2.16. The third-order valence-electron chi connectivity index (χ3n) is 3.58. The summed E-state index contributed by atoms with van der Waals surface area (Å²) in [5.41, 5.74) is -0.311. The van der Waals surface area contributed by atoms with Gasteiger partial charge in [-0.2, -0.15) is 0 Å². The molecule has 0 spiro atoms. The standard InChI is InChI=1S/C17H35N5O2.HI/c1-16(2,3)24-15(23)22-9-13(10-22)20-14(18-6)19-11-17(4,5)12-21(7)8;/h13H,9-12H2,1-8H3,(H2,18,19,20);1H. The van der Waals surface area contributed by atoms with Gasteiger partial charge in [-0.25, -0.2) is 4.79 Å². The number of guanidine groups is 1. The Kier molecular flexibility index (Phi) is 9.50. The van der Waals surface area contributed by atoms with Crippen LogP contribution in [-0.2, 0) is 4.74 Å². The molecule has 0 unspecified atom stereocenters. The molecule has 1 rings (SSSR count). The number of likely N-dealkylation sites (tertiary alicyclic amines) is 1. The van der Waals surface area contributed by atoms with E-state index in [2.05, 4.69) is 48.5 Å². The second-order valence-corrected chi connectivity index (χ2v) is 8.55. The molecule has 0 aromatic heterocycles. The van der Waals surface area contributed by atoms with Gasteiger partial charge in [-0.15, -0.1) is 24.0 Å². The summed E-state index contributed by atoms with van der Waals surface area (Å²) in [5.74, 6) is 0.774. The van der Waals surface area contributed by atoms with Gasteiger partial charge in [0.15, 0.2) is 5.96 Å². The van der Waals surface area contributed by atoms with Gasteiger partial charge in [0, 0.05) is 33.2 Å². The van der Waals surface area contributed by atoms with E-state index >= 15 is 0 Å². The van der Waals surface area contributed by atoms with Crippen LogP contribution in [0.3, 0.4) is 0 Å². The van der Waals surface area contributed by atoms with Crippen LogP contribution in [0.15, 0.2) is 4.99 Å². The van der Waals surface area contributed by atoms with E-state index < -0.39 is 5.60 Å². The number of hydrogen-bond acceptors (Lipinski definition) is 4. The fourth-order valence-corrected chi connectivity index (χ4v) is 2.67. The molecule has 0 saturated carbocycles. The molecule has 7 nitrogen and oxygen atoms in total. The van der Waals surface area contributed by atoms with Gasteiger partial charge >= 0.3 is 6.09 Å². The zero-order valence-corrected chi connectivity index (χ0v) is 19.3. The molecular weight excluding hydrogens is 433 g/mol. The van der Waals surface area contributed by atoms with Crippen LogP contribution in [0.1, 0.15) is 34.6 Å². The zero-order valence-electron chi connectivity index (χ0n) is 17.0. The Hall–Kier alpha value is -0.770. The van der Waals surface area contributed by atoms with Crippen LogP contribution in [0.25, 0.3) is 0 Å². The first kappa shape index (κ1) is 24.2. The normalized spacial score (nSPS) is 16.2. The van der Waals surface area contributed by atoms with Gasteiger partial charge in [0.05, 0.1) is 6.04 Å². The Labute approximate surface area is 170 Å². The average molecular weight is 469 g/mol. The maximum atomic E-state index is 11.9. The van der Waals surface area contributed by atoms with Crippen molar-refractivity contribution in [3.63, 3.8) is 0 Å². The minimum absolute atomic E-state index is 0. The molecule has 1 aliphatic heterocycles. The summed E-state index contributed by atoms with van der Waals surface area (Å²) in [4.78, 5) is 20.1. The molecule has 1 aliphatic rings. The minimum atomic E-state index is -0.453. The van der Waals surface area contributed by atoms with E-state index in [-0.39, 0.29) is 41.5 Å². The van der Waals surface area contributed by atoms with Crippen molar-refractivity contribution in [1.82, 2.24) is 20.4 Å². The second-order valence-electron chi connectivity index (χ2n) is 8.55. The first-order chi connectivity index (χ1) is 10.9. The summed E-state index contributed by atoms with van der Waals surface area (Å²) in [6, 6.07) is 0.209. The number of amides is 1. The molecule has 8 heteroatoms. The van der Waals surface area contributed by atoms with Crippen molar-refractivity contribution >= 4 is 36.0 Å². The van der Waals surface area contributed by atoms with Gasteiger partial charge in [0.25, 0.3) is 0 Å². The highest BCUT2D eigenvalue weighted by molar-refractivity contribution is 14.0. The van der Waals surface area contributed by atoms with E-state index in [1.165, 1.54) is 0 Å². The smallest absolute Gasteiger partial charge is 0.410 e. The van der Waals surface area contributed by atoms with Gasteiger partial charge in [0.2, 0.25) is 0 Å². The number of ether oxygens (including phenoxy) is 1. The molecule has 1 fully saturated rings. The van der Waals surface area contributed by atoms with E-state index in [0.717, 1.165) is 19.0 Å². The number of halogens is 1. The molecule has 0 aromatic carbocycles. The van der Waals surface area contributed by atoms with Crippen LogP contribution in [0, 0.1) is 5.41 Å². The van der Waals surface area contributed by atoms with Crippen molar-refractivity contribution in [2.24, 2.45) is 10.4 Å². The maximum Gasteiger partial charge on any atom is 0.410 e. The molecule has 0 bridgehead atoms. The lowest BCUT2D eigenvalue weighted by Gasteiger charge is -2.40. The lowest BCUT2D eigenvalue weighted by molar-refractivity contribution is 0.00700. The van der Waals surface area contributed by atoms with Gasteiger partial charge < -0.3 is 25.2 Å². The number of nitrogens with zero attached hydrogens (tertiary/aromatic N) is 3. The molecular formula is C17H36IN5O2. The fraction of sp³-hybridized carbons (Fsp3) is 0.882. The zero-order chi connectivity index (χ0) is 18.5. The van der Waals surface area contributed by atoms with Gasteiger partial charge in [-0.05, 0) is 40.3 Å². The van der Waals surface area contributed by atoms with Crippen LogP contribution in [-0.4, -0.2) is 80.8 Å². The van der Waals surface area contributed by atoms with Crippen molar-refractivity contribution in [1.29, 1.82) is 0 Å². The SMILES string of the molecule is CN=C(NCC(C)(C)CN(C)C)NC1CN(C(=O)OC(C)(C)C)C1.I. The van der Waals surface area contributed by atoms with Crippen LogP contribution in [0.5, 0.6) is 0 Å². The minimum Gasteiger partial charge on any atom is -0.444 e. The van der Waals surface area contributed by atoms with Crippen molar-refractivity contribution in [3.8, 4) is 0 Å². The van der Waals surface area contributed by atoms with Gasteiger partial charge in [-0.3, -0.25) is 4.99 Å². The molecule has 25 heavy (non-hydrogen) atoms. The lowest BCUT2D eigenvalue weighted by Crippen LogP contribution is -2.63. The molecule has 148 valence electrons. The monoisotopic (exact) mass is 469 g/mol. The quantitative estimate of drug-likeness (QED) is 0.366. The van der Waals surface area contributed by atoms with E-state index in [1.54, 1.807) is 11.9 Å². The summed E-state index contributed by atoms with van der Waals surface area (Å²) >= 11 is 0. The van der Waals surface area contributed by atoms with E-state index in [4.69, 9.17) is 4.74 Å². The third kappa shape index (κ3) is 9.48. The lowest BCUT2D eigenvalue weighted by atomic mass is 9.93. The largest absolute Gasteiger partial charge is 0.444 e. The molecule has 0 aromatic rings. The molecule has 1 amide bonds. The van der Waals surface area contributed by atoms with Crippen LogP contribution < -0.4 is 10.6 Å². The van der Waals surface area contributed by atoms with Crippen molar-refractivity contribution in [3.05, 3.63) is 0 Å². The van der Waals surface area contributed by atoms with Gasteiger partial charge in [-0.1, -0.05) is 13.8 Å². The molecule has 0 radical (unpaired) electrons. The van der Waals surface area contributed by atoms with Crippen LogP contribution in [0.2, 0.25) is 0 Å². The molecule has 0 aliphatic carbocycles. The first-order valence-electron chi connectivity index (χ1n) is 8.52. The summed E-state index contributed by atoms with van der Waals surface area (Å²) < 4.78 is 5.36. The van der Waals surface area contributed by atoms with Crippen molar-refractivity contribution < 1.29 is 9.53 Å². The number of rotatable bonds is 5. The van der Waals surface area contributed by atoms with Crippen molar-refractivity contribution in [2.45, 2.75) is 46.3 Å². The Balaban J connectivity index is 0.00000576. The Morgan fingerprint density at radius 2 is 1.80 bits per heavy atom. The predicted octanol–water partition coefficient (Wildman–Crippen LogP) is 1.98. The summed E-state index contributed by atoms with van der Waals surface area (Å²) in [6.45, 7) is 13.2. The van der Waals surface area contributed by atoms with Crippen molar-refractivity contribution in [2.75, 3.05) is 47.3 Å². The Morgan fingerprint density at radius 1 is 1.24 bits per heavy atom. The number of nitrogens with one attached hydrogen (secondary N) is 2. The maximum absolute atomic E-state index is 11.9. The summed E-state index contributed by atoms with van der Waals surface area (Å²) in [7, 11) is 5.92. The van der Waals surface area contributed by atoms with Crippen LogP contribution in [0.4, 0.5) is 4.79 Å². The number of hydrogen-bond donors (Lipinski definition) is 2. The Morgan fingerprint density at radius 3 is 2.24 bits per heavy atom.